The van der Waals surface area contributed by atoms with Gasteiger partial charge in [-0.3, -0.25) is 4.90 Å². The van der Waals surface area contributed by atoms with E-state index in [2.05, 4.69) is 33.9 Å². The zero-order valence-electron chi connectivity index (χ0n) is 16.5. The molecule has 0 amide bonds. The summed E-state index contributed by atoms with van der Waals surface area (Å²) < 4.78 is 11.3. The van der Waals surface area contributed by atoms with Crippen LogP contribution in [0.4, 0.5) is 0 Å². The van der Waals surface area contributed by atoms with E-state index >= 15 is 0 Å². The van der Waals surface area contributed by atoms with Crippen molar-refractivity contribution in [2.75, 3.05) is 72.7 Å². The Bertz CT molecular complexity index is 627. The second-order valence-electron chi connectivity index (χ2n) is 8.33. The van der Waals surface area contributed by atoms with Gasteiger partial charge < -0.3 is 24.4 Å². The minimum absolute atomic E-state index is 0.288. The van der Waals surface area contributed by atoms with E-state index in [1.165, 1.54) is 25.1 Å². The van der Waals surface area contributed by atoms with E-state index in [0.717, 1.165) is 50.8 Å². The lowest BCUT2D eigenvalue weighted by molar-refractivity contribution is 0.165. The maximum atomic E-state index is 9.92. The van der Waals surface area contributed by atoms with Crippen LogP contribution in [0, 0.1) is 11.8 Å². The number of aliphatic hydroxyl groups excluding tert-OH is 1. The Labute approximate surface area is 162 Å². The molecule has 0 aromatic heterocycles. The minimum Gasteiger partial charge on any atom is -0.486 e. The average Bonchev–Trinajstić information content (AvgIpc) is 2.94. The molecule has 0 spiro atoms. The van der Waals surface area contributed by atoms with E-state index in [1.54, 1.807) is 0 Å². The summed E-state index contributed by atoms with van der Waals surface area (Å²) >= 11 is 0. The van der Waals surface area contributed by atoms with Gasteiger partial charge in [0.05, 0.1) is 0 Å². The van der Waals surface area contributed by atoms with E-state index < -0.39 is 0 Å². The third-order valence-corrected chi connectivity index (χ3v) is 6.20. The molecule has 0 bridgehead atoms. The van der Waals surface area contributed by atoms with E-state index in [1.807, 2.05) is 6.07 Å². The predicted molar refractivity (Wildman–Crippen MR) is 105 cm³/mol. The predicted octanol–water partition coefficient (Wildman–Crippen LogP) is 1.14. The first-order valence-corrected chi connectivity index (χ1v) is 10.3. The zero-order chi connectivity index (χ0) is 18.6. The monoisotopic (exact) mass is 375 g/mol. The van der Waals surface area contributed by atoms with Crippen LogP contribution in [0.15, 0.2) is 18.2 Å². The number of aliphatic hydroxyl groups is 1. The Morgan fingerprint density at radius 1 is 0.963 bits per heavy atom. The first-order valence-electron chi connectivity index (χ1n) is 10.3. The van der Waals surface area contributed by atoms with Crippen LogP contribution in [0.5, 0.6) is 11.5 Å². The molecule has 2 fully saturated rings. The van der Waals surface area contributed by atoms with Crippen molar-refractivity contribution in [3.8, 4) is 11.5 Å². The molecule has 2 atom stereocenters. The summed E-state index contributed by atoms with van der Waals surface area (Å²) in [7, 11) is 2.21. The molecule has 150 valence electrons. The fourth-order valence-electron chi connectivity index (χ4n) is 4.64. The first-order chi connectivity index (χ1) is 13.2. The number of rotatable bonds is 5. The number of hydrogen-bond acceptors (Lipinski definition) is 6. The Hall–Kier alpha value is -1.34. The molecule has 1 aromatic rings. The van der Waals surface area contributed by atoms with Crippen molar-refractivity contribution < 1.29 is 14.6 Å². The van der Waals surface area contributed by atoms with Gasteiger partial charge >= 0.3 is 0 Å². The molecule has 3 heterocycles. The Morgan fingerprint density at radius 2 is 1.78 bits per heavy atom. The van der Waals surface area contributed by atoms with Crippen molar-refractivity contribution >= 4 is 0 Å². The Balaban J connectivity index is 1.35. The zero-order valence-corrected chi connectivity index (χ0v) is 16.5. The number of fused-ring (bicyclic) bond motifs is 1. The number of nitrogens with zero attached hydrogens (tertiary/aromatic N) is 3. The van der Waals surface area contributed by atoms with Gasteiger partial charge in [-0.1, -0.05) is 6.07 Å². The summed E-state index contributed by atoms with van der Waals surface area (Å²) in [6.07, 6.45) is 1.24. The summed E-state index contributed by atoms with van der Waals surface area (Å²) in [4.78, 5) is 7.51. The van der Waals surface area contributed by atoms with Gasteiger partial charge in [-0.25, -0.2) is 0 Å². The van der Waals surface area contributed by atoms with Gasteiger partial charge in [0.15, 0.2) is 11.5 Å². The largest absolute Gasteiger partial charge is 0.486 e. The molecule has 3 aliphatic rings. The maximum Gasteiger partial charge on any atom is 0.161 e. The van der Waals surface area contributed by atoms with Crippen LogP contribution in [0.1, 0.15) is 12.0 Å². The number of likely N-dealkylation sites (tertiary alicyclic amines) is 1. The summed E-state index contributed by atoms with van der Waals surface area (Å²) in [5.74, 6) is 2.64. The molecule has 6 heteroatoms. The van der Waals surface area contributed by atoms with E-state index in [9.17, 15) is 5.11 Å². The smallest absolute Gasteiger partial charge is 0.161 e. The Kier molecular flexibility index (Phi) is 6.18. The number of likely N-dealkylation sites (N-methyl/N-ethyl adjacent to an activating group) is 1. The lowest BCUT2D eigenvalue weighted by Crippen LogP contribution is -2.36. The quantitative estimate of drug-likeness (QED) is 0.833. The van der Waals surface area contributed by atoms with Crippen LogP contribution >= 0.6 is 0 Å². The SMILES string of the molecule is CN1CCCN(C[C@@H]2CN(Cc3ccc4c(c3)OCCO4)C[C@@H]2CO)CC1. The molecular weight excluding hydrogens is 342 g/mol. The normalized spacial score (nSPS) is 27.6. The molecule has 4 rings (SSSR count). The third-order valence-electron chi connectivity index (χ3n) is 6.20. The summed E-state index contributed by atoms with van der Waals surface area (Å²) in [6.45, 7) is 10.3. The van der Waals surface area contributed by atoms with E-state index in [0.29, 0.717) is 25.0 Å². The molecule has 0 aliphatic carbocycles. The fourth-order valence-corrected chi connectivity index (χ4v) is 4.64. The topological polar surface area (TPSA) is 48.4 Å². The standard InChI is InChI=1S/C21H33N3O3/c1-22-5-2-6-23(8-7-22)13-18-14-24(15-19(18)16-25)12-17-3-4-20-21(11-17)27-10-9-26-20/h3-4,11,18-19,25H,2,5-10,12-16H2,1H3/t18-,19-/m1/s1. The highest BCUT2D eigenvalue weighted by Gasteiger charge is 2.33. The van der Waals surface area contributed by atoms with Crippen LogP contribution < -0.4 is 9.47 Å². The lowest BCUT2D eigenvalue weighted by Gasteiger charge is -2.26. The van der Waals surface area contributed by atoms with E-state index in [4.69, 9.17) is 9.47 Å². The van der Waals surface area contributed by atoms with Crippen LogP contribution in [0.2, 0.25) is 0 Å². The van der Waals surface area contributed by atoms with Gasteiger partial charge in [-0.05, 0) is 56.1 Å². The molecule has 6 nitrogen and oxygen atoms in total. The molecule has 1 aromatic carbocycles. The molecule has 0 radical (unpaired) electrons. The second kappa shape index (κ2) is 8.78. The summed E-state index contributed by atoms with van der Waals surface area (Å²) in [5, 5.41) is 9.92. The van der Waals surface area contributed by atoms with Crippen LogP contribution in [0.3, 0.4) is 0 Å². The molecular formula is C21H33N3O3. The van der Waals surface area contributed by atoms with Gasteiger partial charge in [0.25, 0.3) is 0 Å². The van der Waals surface area contributed by atoms with Crippen molar-refractivity contribution in [2.45, 2.75) is 13.0 Å². The maximum absolute atomic E-state index is 9.92. The van der Waals surface area contributed by atoms with Crippen LogP contribution in [0.25, 0.3) is 0 Å². The van der Waals surface area contributed by atoms with Gasteiger partial charge in [0.2, 0.25) is 0 Å². The van der Waals surface area contributed by atoms with Crippen molar-refractivity contribution in [3.05, 3.63) is 23.8 Å². The van der Waals surface area contributed by atoms with Crippen molar-refractivity contribution in [3.63, 3.8) is 0 Å². The van der Waals surface area contributed by atoms with Gasteiger partial charge in [0.1, 0.15) is 13.2 Å². The molecule has 0 saturated carbocycles. The number of benzene rings is 1. The molecule has 27 heavy (non-hydrogen) atoms. The molecule has 0 unspecified atom stereocenters. The Morgan fingerprint density at radius 3 is 2.63 bits per heavy atom. The highest BCUT2D eigenvalue weighted by Crippen LogP contribution is 2.32. The minimum atomic E-state index is 0.288. The van der Waals surface area contributed by atoms with Crippen molar-refractivity contribution in [1.82, 2.24) is 14.7 Å². The van der Waals surface area contributed by atoms with Crippen LogP contribution in [-0.4, -0.2) is 92.5 Å². The highest BCUT2D eigenvalue weighted by atomic mass is 16.6. The van der Waals surface area contributed by atoms with Gasteiger partial charge in [0, 0.05) is 45.9 Å². The second-order valence-corrected chi connectivity index (χ2v) is 8.33. The number of ether oxygens (including phenoxy) is 2. The van der Waals surface area contributed by atoms with Gasteiger partial charge in [-0.15, -0.1) is 0 Å². The van der Waals surface area contributed by atoms with E-state index in [-0.39, 0.29) is 6.61 Å². The molecule has 1 N–H and O–H groups in total. The fraction of sp³-hybridized carbons (Fsp3) is 0.714. The molecule has 2 saturated heterocycles. The summed E-state index contributed by atoms with van der Waals surface area (Å²) in [6, 6.07) is 6.27. The van der Waals surface area contributed by atoms with Gasteiger partial charge in [-0.2, -0.15) is 0 Å². The molecule has 3 aliphatic heterocycles. The van der Waals surface area contributed by atoms with Crippen molar-refractivity contribution in [1.29, 1.82) is 0 Å². The number of hydrogen-bond donors (Lipinski definition) is 1. The first kappa shape index (κ1) is 19.0. The highest BCUT2D eigenvalue weighted by molar-refractivity contribution is 5.43. The average molecular weight is 376 g/mol. The van der Waals surface area contributed by atoms with Crippen LogP contribution in [-0.2, 0) is 6.54 Å². The summed E-state index contributed by atoms with van der Waals surface area (Å²) in [5.41, 5.74) is 1.26. The van der Waals surface area contributed by atoms with Crippen molar-refractivity contribution in [2.24, 2.45) is 11.8 Å². The third kappa shape index (κ3) is 4.74. The lowest BCUT2D eigenvalue weighted by atomic mass is 9.96.